The van der Waals surface area contributed by atoms with Crippen molar-refractivity contribution in [3.05, 3.63) is 60.0 Å². The van der Waals surface area contributed by atoms with Gasteiger partial charge in [0, 0.05) is 12.5 Å². The SMILES string of the molecule is C=CCC(=O)N1[C@@H](C=CC(=O)O)CC[C@H]1c1cc(F)c(F)c(F)c1. The van der Waals surface area contributed by atoms with Crippen molar-refractivity contribution >= 4 is 11.9 Å². The zero-order chi connectivity index (χ0) is 17.9. The molecule has 1 aromatic carbocycles. The number of hydrogen-bond donors (Lipinski definition) is 1. The summed E-state index contributed by atoms with van der Waals surface area (Å²) < 4.78 is 40.1. The van der Waals surface area contributed by atoms with Crippen molar-refractivity contribution < 1.29 is 27.9 Å². The molecule has 2 rings (SSSR count). The number of halogens is 3. The van der Waals surface area contributed by atoms with Crippen molar-refractivity contribution in [3.63, 3.8) is 0 Å². The highest BCUT2D eigenvalue weighted by atomic mass is 19.2. The first kappa shape index (κ1) is 17.8. The summed E-state index contributed by atoms with van der Waals surface area (Å²) in [5.74, 6) is -5.73. The van der Waals surface area contributed by atoms with E-state index in [0.29, 0.717) is 12.8 Å². The Labute approximate surface area is 136 Å². The molecule has 0 saturated carbocycles. The Morgan fingerprint density at radius 3 is 2.42 bits per heavy atom. The van der Waals surface area contributed by atoms with Gasteiger partial charge < -0.3 is 10.0 Å². The second-order valence-corrected chi connectivity index (χ2v) is 5.45. The summed E-state index contributed by atoms with van der Waals surface area (Å²) in [6.07, 6.45) is 4.48. The Morgan fingerprint density at radius 2 is 1.88 bits per heavy atom. The van der Waals surface area contributed by atoms with Crippen LogP contribution in [0, 0.1) is 17.5 Å². The van der Waals surface area contributed by atoms with Gasteiger partial charge in [0.1, 0.15) is 0 Å². The largest absolute Gasteiger partial charge is 0.478 e. The number of carboxylic acids is 1. The lowest BCUT2D eigenvalue weighted by atomic mass is 10.0. The number of nitrogens with zero attached hydrogens (tertiary/aromatic N) is 1. The van der Waals surface area contributed by atoms with Crippen LogP contribution in [0.4, 0.5) is 13.2 Å². The predicted octanol–water partition coefficient (Wildman–Crippen LogP) is 3.35. The van der Waals surface area contributed by atoms with Crippen LogP contribution in [0.1, 0.15) is 30.9 Å². The molecule has 4 nitrogen and oxygen atoms in total. The number of rotatable bonds is 5. The summed E-state index contributed by atoms with van der Waals surface area (Å²) in [5.41, 5.74) is 0.134. The van der Waals surface area contributed by atoms with Crippen molar-refractivity contribution in [3.8, 4) is 0 Å². The smallest absolute Gasteiger partial charge is 0.328 e. The zero-order valence-electron chi connectivity index (χ0n) is 12.7. The van der Waals surface area contributed by atoms with E-state index in [1.807, 2.05) is 0 Å². The highest BCUT2D eigenvalue weighted by Crippen LogP contribution is 2.38. The summed E-state index contributed by atoms with van der Waals surface area (Å²) in [7, 11) is 0. The Bertz CT molecular complexity index is 679. The van der Waals surface area contributed by atoms with Gasteiger partial charge in [-0.2, -0.15) is 0 Å². The molecule has 1 aromatic rings. The normalized spacial score (nSPS) is 20.5. The van der Waals surface area contributed by atoms with Crippen LogP contribution >= 0.6 is 0 Å². The van der Waals surface area contributed by atoms with Crippen LogP contribution in [0.15, 0.2) is 36.9 Å². The van der Waals surface area contributed by atoms with Crippen LogP contribution in [0.3, 0.4) is 0 Å². The average molecular weight is 339 g/mol. The van der Waals surface area contributed by atoms with Crippen LogP contribution in [-0.4, -0.2) is 27.9 Å². The molecule has 1 aliphatic rings. The quantitative estimate of drug-likeness (QED) is 0.508. The minimum atomic E-state index is -1.57. The van der Waals surface area contributed by atoms with Gasteiger partial charge in [0.05, 0.1) is 12.1 Å². The molecule has 0 spiro atoms. The number of benzene rings is 1. The van der Waals surface area contributed by atoms with Crippen LogP contribution < -0.4 is 0 Å². The van der Waals surface area contributed by atoms with Gasteiger partial charge in [0.15, 0.2) is 17.5 Å². The van der Waals surface area contributed by atoms with Crippen molar-refractivity contribution in [1.29, 1.82) is 0 Å². The molecule has 0 aromatic heterocycles. The van der Waals surface area contributed by atoms with E-state index >= 15 is 0 Å². The predicted molar refractivity (Wildman–Crippen MR) is 80.5 cm³/mol. The summed E-state index contributed by atoms with van der Waals surface area (Å²) in [6, 6.07) is 0.543. The fourth-order valence-electron chi connectivity index (χ4n) is 2.90. The second-order valence-electron chi connectivity index (χ2n) is 5.45. The Morgan fingerprint density at radius 1 is 1.25 bits per heavy atom. The standard InChI is InChI=1S/C17H16F3NO3/c1-2-3-15(22)21-11(5-7-16(23)24)4-6-14(21)10-8-12(18)17(20)13(19)9-10/h2,5,7-9,11,14H,1,3-4,6H2,(H,23,24)/t11-,14+/m1/s1. The maximum Gasteiger partial charge on any atom is 0.328 e. The summed E-state index contributed by atoms with van der Waals surface area (Å²) >= 11 is 0. The molecule has 128 valence electrons. The van der Waals surface area contributed by atoms with E-state index in [4.69, 9.17) is 5.11 Å². The fraction of sp³-hybridized carbons (Fsp3) is 0.294. The molecule has 1 saturated heterocycles. The monoisotopic (exact) mass is 339 g/mol. The first-order valence-electron chi connectivity index (χ1n) is 7.32. The van der Waals surface area contributed by atoms with E-state index < -0.39 is 35.5 Å². The van der Waals surface area contributed by atoms with Crippen molar-refractivity contribution in [2.45, 2.75) is 31.3 Å². The molecule has 0 unspecified atom stereocenters. The molecule has 1 amide bonds. The molecule has 0 aliphatic carbocycles. The number of aliphatic carboxylic acids is 1. The highest BCUT2D eigenvalue weighted by molar-refractivity contribution is 5.81. The van der Waals surface area contributed by atoms with E-state index in [2.05, 4.69) is 6.58 Å². The van der Waals surface area contributed by atoms with Crippen LogP contribution in [-0.2, 0) is 9.59 Å². The molecule has 2 atom stereocenters. The number of likely N-dealkylation sites (tertiary alicyclic amines) is 1. The van der Waals surface area contributed by atoms with Crippen LogP contribution in [0.25, 0.3) is 0 Å². The molecule has 1 heterocycles. The lowest BCUT2D eigenvalue weighted by Gasteiger charge is -2.29. The van der Waals surface area contributed by atoms with Crippen molar-refractivity contribution in [1.82, 2.24) is 4.90 Å². The number of hydrogen-bond acceptors (Lipinski definition) is 2. The van der Waals surface area contributed by atoms with Gasteiger partial charge in [-0.3, -0.25) is 4.79 Å². The topological polar surface area (TPSA) is 57.6 Å². The Kier molecular flexibility index (Phi) is 5.43. The zero-order valence-corrected chi connectivity index (χ0v) is 12.7. The average Bonchev–Trinajstić information content (AvgIpc) is 2.94. The molecule has 1 aliphatic heterocycles. The number of carboxylic acid groups (broad SMARTS) is 1. The summed E-state index contributed by atoms with van der Waals surface area (Å²) in [4.78, 5) is 24.4. The van der Waals surface area contributed by atoms with Gasteiger partial charge in [0.2, 0.25) is 5.91 Å². The minimum Gasteiger partial charge on any atom is -0.478 e. The molecule has 1 fully saturated rings. The van der Waals surface area contributed by atoms with Crippen LogP contribution in [0.2, 0.25) is 0 Å². The van der Waals surface area contributed by atoms with E-state index in [9.17, 15) is 22.8 Å². The molecule has 0 bridgehead atoms. The van der Waals surface area contributed by atoms with E-state index in [1.54, 1.807) is 0 Å². The third kappa shape index (κ3) is 3.67. The van der Waals surface area contributed by atoms with Crippen molar-refractivity contribution in [2.75, 3.05) is 0 Å². The van der Waals surface area contributed by atoms with Gasteiger partial charge >= 0.3 is 5.97 Å². The first-order chi connectivity index (χ1) is 11.3. The van der Waals surface area contributed by atoms with Gasteiger partial charge in [0.25, 0.3) is 0 Å². The third-order valence-corrected chi connectivity index (χ3v) is 3.89. The summed E-state index contributed by atoms with van der Waals surface area (Å²) in [6.45, 7) is 3.48. The van der Waals surface area contributed by atoms with Gasteiger partial charge in [-0.05, 0) is 30.5 Å². The van der Waals surface area contributed by atoms with Crippen LogP contribution in [0.5, 0.6) is 0 Å². The maximum absolute atomic E-state index is 13.5. The lowest BCUT2D eigenvalue weighted by molar-refractivity contribution is -0.133. The fourth-order valence-corrected chi connectivity index (χ4v) is 2.90. The molecular formula is C17H16F3NO3. The Balaban J connectivity index is 2.39. The van der Waals surface area contributed by atoms with Crippen molar-refractivity contribution in [2.24, 2.45) is 0 Å². The summed E-state index contributed by atoms with van der Waals surface area (Å²) in [5, 5.41) is 8.74. The van der Waals surface area contributed by atoms with Gasteiger partial charge in [-0.1, -0.05) is 12.2 Å². The Hall–Kier alpha value is -2.57. The third-order valence-electron chi connectivity index (χ3n) is 3.89. The van der Waals surface area contributed by atoms with Gasteiger partial charge in [-0.15, -0.1) is 6.58 Å². The van der Waals surface area contributed by atoms with E-state index in [0.717, 1.165) is 18.2 Å². The molecular weight excluding hydrogens is 323 g/mol. The molecule has 1 N–H and O–H groups in total. The van der Waals surface area contributed by atoms with E-state index in [-0.39, 0.29) is 17.9 Å². The molecule has 24 heavy (non-hydrogen) atoms. The maximum atomic E-state index is 13.5. The number of carbonyl (C=O) groups excluding carboxylic acids is 1. The first-order valence-corrected chi connectivity index (χ1v) is 7.32. The lowest BCUT2D eigenvalue weighted by Crippen LogP contribution is -2.36. The van der Waals surface area contributed by atoms with E-state index in [1.165, 1.54) is 17.1 Å². The molecule has 0 radical (unpaired) electrons. The number of amides is 1. The second kappa shape index (κ2) is 7.33. The van der Waals surface area contributed by atoms with Gasteiger partial charge in [-0.25, -0.2) is 18.0 Å². The molecule has 7 heteroatoms. The highest BCUT2D eigenvalue weighted by Gasteiger charge is 2.36. The minimum absolute atomic E-state index is 0.0000698. The number of carbonyl (C=O) groups is 2.